The first-order valence-electron chi connectivity index (χ1n) is 6.52. The number of hydrogen-bond donors (Lipinski definition) is 2. The van der Waals surface area contributed by atoms with Crippen molar-refractivity contribution in [1.29, 1.82) is 0 Å². The molecule has 0 saturated carbocycles. The maximum absolute atomic E-state index is 14.4. The van der Waals surface area contributed by atoms with Crippen molar-refractivity contribution < 1.29 is 14.0 Å². The number of allylic oxidation sites excluding steroid dienone is 2. The Bertz CT molecular complexity index is 553. The molecule has 0 aromatic carbocycles. The number of hydrogen-bond acceptors (Lipinski definition) is 4. The van der Waals surface area contributed by atoms with Crippen LogP contribution in [0.25, 0.3) is 5.57 Å². The summed E-state index contributed by atoms with van der Waals surface area (Å²) in [6.45, 7) is 10.6. The van der Waals surface area contributed by atoms with Gasteiger partial charge in [0.1, 0.15) is 10.5 Å². The molecule has 0 aliphatic carbocycles. The van der Waals surface area contributed by atoms with Gasteiger partial charge >= 0.3 is 0 Å². The maximum atomic E-state index is 14.4. The molecule has 1 heterocycles. The third-order valence-corrected chi connectivity index (χ3v) is 4.30. The number of pyridine rings is 1. The summed E-state index contributed by atoms with van der Waals surface area (Å²) in [6, 6.07) is 1.47. The molecule has 6 heteroatoms. The molecule has 0 fully saturated rings. The van der Waals surface area contributed by atoms with Gasteiger partial charge in [0, 0.05) is 28.7 Å². The zero-order chi connectivity index (χ0) is 16.2. The summed E-state index contributed by atoms with van der Waals surface area (Å²) in [5, 5.41) is 9.49. The second-order valence-electron chi connectivity index (χ2n) is 5.47. The third kappa shape index (κ3) is 4.56. The summed E-state index contributed by atoms with van der Waals surface area (Å²) >= 11 is -1.31. The average molecular weight is 312 g/mol. The van der Waals surface area contributed by atoms with Crippen molar-refractivity contribution in [3.63, 3.8) is 0 Å². The molecular weight excluding hydrogens is 291 g/mol. The van der Waals surface area contributed by atoms with Crippen LogP contribution >= 0.6 is 0 Å². The van der Waals surface area contributed by atoms with E-state index in [0.29, 0.717) is 5.57 Å². The predicted octanol–water partition coefficient (Wildman–Crippen LogP) is 3.25. The Morgan fingerprint density at radius 1 is 1.57 bits per heavy atom. The van der Waals surface area contributed by atoms with Crippen LogP contribution in [0.2, 0.25) is 0 Å². The molecule has 4 nitrogen and oxygen atoms in total. The summed E-state index contributed by atoms with van der Waals surface area (Å²) in [7, 11) is 0. The molecule has 1 aromatic heterocycles. The van der Waals surface area contributed by atoms with Gasteiger partial charge in [-0.25, -0.2) is 4.39 Å². The van der Waals surface area contributed by atoms with E-state index >= 15 is 0 Å². The molecule has 0 radical (unpaired) electrons. The van der Waals surface area contributed by atoms with Gasteiger partial charge in [-0.3, -0.25) is 4.98 Å². The largest absolute Gasteiger partial charge is 0.598 e. The molecule has 0 spiro atoms. The van der Waals surface area contributed by atoms with Gasteiger partial charge in [-0.15, -0.1) is 4.72 Å². The molecule has 116 valence electrons. The zero-order valence-corrected chi connectivity index (χ0v) is 13.6. The van der Waals surface area contributed by atoms with Gasteiger partial charge in [-0.2, -0.15) is 0 Å². The lowest BCUT2D eigenvalue weighted by molar-refractivity contribution is 0.439. The fourth-order valence-corrected chi connectivity index (χ4v) is 2.35. The fraction of sp³-hybridized carbons (Fsp3) is 0.400. The van der Waals surface area contributed by atoms with Crippen LogP contribution in [-0.4, -0.2) is 19.4 Å². The van der Waals surface area contributed by atoms with Crippen molar-refractivity contribution >= 4 is 16.9 Å². The first-order chi connectivity index (χ1) is 9.68. The Morgan fingerprint density at radius 2 is 2.19 bits per heavy atom. The summed E-state index contributed by atoms with van der Waals surface area (Å²) in [5.41, 5.74) is 0.678. The number of rotatable bonds is 5. The SMILES string of the molecule is C=C(O)/C(=C\C)c1ccnc(CN[S@@+]([O-])C(C)(C)C)c1F. The second kappa shape index (κ2) is 7.06. The van der Waals surface area contributed by atoms with E-state index in [4.69, 9.17) is 0 Å². The lowest BCUT2D eigenvalue weighted by atomic mass is 10.0. The molecule has 21 heavy (non-hydrogen) atoms. The van der Waals surface area contributed by atoms with Crippen molar-refractivity contribution in [2.24, 2.45) is 0 Å². The van der Waals surface area contributed by atoms with E-state index in [0.717, 1.165) is 0 Å². The molecule has 0 aliphatic heterocycles. The van der Waals surface area contributed by atoms with E-state index in [9.17, 15) is 14.0 Å². The van der Waals surface area contributed by atoms with Crippen LogP contribution in [0, 0.1) is 5.82 Å². The van der Waals surface area contributed by atoms with E-state index in [1.54, 1.807) is 13.0 Å². The quantitative estimate of drug-likeness (QED) is 0.497. The number of aromatic nitrogens is 1. The molecule has 0 saturated heterocycles. The molecule has 0 bridgehead atoms. The zero-order valence-electron chi connectivity index (χ0n) is 12.7. The van der Waals surface area contributed by atoms with E-state index < -0.39 is 21.9 Å². The monoisotopic (exact) mass is 312 g/mol. The smallest absolute Gasteiger partial charge is 0.154 e. The van der Waals surface area contributed by atoms with Crippen LogP contribution < -0.4 is 4.72 Å². The minimum Gasteiger partial charge on any atom is -0.598 e. The Morgan fingerprint density at radius 3 is 2.67 bits per heavy atom. The van der Waals surface area contributed by atoms with Crippen molar-refractivity contribution in [3.05, 3.63) is 47.8 Å². The first-order valence-corrected chi connectivity index (χ1v) is 7.67. The minimum atomic E-state index is -1.31. The summed E-state index contributed by atoms with van der Waals surface area (Å²) in [5.74, 6) is -0.765. The Kier molecular flexibility index (Phi) is 5.95. The van der Waals surface area contributed by atoms with E-state index in [2.05, 4.69) is 16.3 Å². The predicted molar refractivity (Wildman–Crippen MR) is 84.3 cm³/mol. The molecule has 2 N–H and O–H groups in total. The summed E-state index contributed by atoms with van der Waals surface area (Å²) in [6.07, 6.45) is 3.02. The molecule has 0 amide bonds. The van der Waals surface area contributed by atoms with Crippen LogP contribution in [-0.2, 0) is 17.9 Å². The first kappa shape index (κ1) is 17.7. The molecule has 1 rings (SSSR count). The Balaban J connectivity index is 2.99. The van der Waals surface area contributed by atoms with Gasteiger partial charge < -0.3 is 9.66 Å². The van der Waals surface area contributed by atoms with Crippen LogP contribution in [0.15, 0.2) is 30.7 Å². The molecule has 0 unspecified atom stereocenters. The highest BCUT2D eigenvalue weighted by Crippen LogP contribution is 2.24. The van der Waals surface area contributed by atoms with Crippen molar-refractivity contribution in [1.82, 2.24) is 9.71 Å². The molecule has 1 atom stereocenters. The highest BCUT2D eigenvalue weighted by molar-refractivity contribution is 7.90. The van der Waals surface area contributed by atoms with Gasteiger partial charge in [0.2, 0.25) is 0 Å². The van der Waals surface area contributed by atoms with Gasteiger partial charge in [-0.05, 0) is 33.8 Å². The summed E-state index contributed by atoms with van der Waals surface area (Å²) < 4.78 is 28.7. The van der Waals surface area contributed by atoms with Gasteiger partial charge in [0.05, 0.1) is 12.2 Å². The number of halogens is 1. The number of aliphatic hydroxyl groups excluding tert-OH is 1. The summed E-state index contributed by atoms with van der Waals surface area (Å²) in [4.78, 5) is 3.96. The van der Waals surface area contributed by atoms with Crippen molar-refractivity contribution in [2.45, 2.75) is 39.0 Å². The molecule has 0 aliphatic rings. The van der Waals surface area contributed by atoms with Crippen molar-refractivity contribution in [3.8, 4) is 0 Å². The highest BCUT2D eigenvalue weighted by atomic mass is 32.2. The van der Waals surface area contributed by atoms with E-state index in [1.165, 1.54) is 12.3 Å². The van der Waals surface area contributed by atoms with Crippen LogP contribution in [0.5, 0.6) is 0 Å². The van der Waals surface area contributed by atoms with Crippen LogP contribution in [0.3, 0.4) is 0 Å². The molecular formula is C15H21FN2O2S. The standard InChI is InChI=1S/C15H21FN2O2S/c1-6-11(10(2)19)12-7-8-17-13(14(12)16)9-18-21(20)15(3,4)5/h6-8,18-19H,2,9H2,1,3-5H3/b11-6+/t21-/m0/s1. The van der Waals surface area contributed by atoms with E-state index in [-0.39, 0.29) is 23.6 Å². The number of nitrogens with one attached hydrogen (secondary N) is 1. The Labute approximate surface area is 128 Å². The maximum Gasteiger partial charge on any atom is 0.154 e. The number of aliphatic hydroxyl groups is 1. The highest BCUT2D eigenvalue weighted by Gasteiger charge is 2.26. The van der Waals surface area contributed by atoms with Crippen molar-refractivity contribution in [2.75, 3.05) is 0 Å². The average Bonchev–Trinajstić information content (AvgIpc) is 2.38. The normalized spacial score (nSPS) is 14.1. The third-order valence-electron chi connectivity index (χ3n) is 2.78. The van der Waals surface area contributed by atoms with Gasteiger partial charge in [0.15, 0.2) is 5.82 Å². The topological polar surface area (TPSA) is 68.2 Å². The minimum absolute atomic E-state index is 0.0401. The Hall–Kier alpha value is -1.37. The fourth-order valence-electron chi connectivity index (χ4n) is 1.65. The molecule has 1 aromatic rings. The van der Waals surface area contributed by atoms with Crippen LogP contribution in [0.4, 0.5) is 4.39 Å². The van der Waals surface area contributed by atoms with E-state index in [1.807, 2.05) is 20.8 Å². The van der Waals surface area contributed by atoms with Gasteiger partial charge in [0.25, 0.3) is 0 Å². The lowest BCUT2D eigenvalue weighted by Crippen LogP contribution is -2.39. The second-order valence-corrected chi connectivity index (χ2v) is 7.52. The van der Waals surface area contributed by atoms with Crippen LogP contribution in [0.1, 0.15) is 39.0 Å². The van der Waals surface area contributed by atoms with Gasteiger partial charge in [-0.1, -0.05) is 12.7 Å². The lowest BCUT2D eigenvalue weighted by Gasteiger charge is -2.23. The number of nitrogens with zero attached hydrogens (tertiary/aromatic N) is 1.